The third kappa shape index (κ3) is 7.36. The number of benzene rings is 2. The van der Waals surface area contributed by atoms with Crippen molar-refractivity contribution < 1.29 is 28.6 Å². The monoisotopic (exact) mass is 386 g/mol. The normalized spacial score (nSPS) is 9.93. The molecule has 0 spiro atoms. The van der Waals surface area contributed by atoms with Gasteiger partial charge in [0.1, 0.15) is 11.5 Å². The predicted octanol–water partition coefficient (Wildman–Crippen LogP) is 2.60. The Morgan fingerprint density at radius 1 is 0.857 bits per heavy atom. The van der Waals surface area contributed by atoms with Gasteiger partial charge in [0, 0.05) is 18.3 Å². The van der Waals surface area contributed by atoms with Gasteiger partial charge in [0.15, 0.2) is 13.2 Å². The first-order valence-corrected chi connectivity index (χ1v) is 8.65. The lowest BCUT2D eigenvalue weighted by molar-refractivity contribution is -0.149. The van der Waals surface area contributed by atoms with Crippen molar-refractivity contribution in [3.05, 3.63) is 48.5 Å². The first kappa shape index (κ1) is 20.8. The highest BCUT2D eigenvalue weighted by molar-refractivity contribution is 5.94. The predicted molar refractivity (Wildman–Crippen MR) is 103 cm³/mol. The minimum atomic E-state index is -0.670. The van der Waals surface area contributed by atoms with Gasteiger partial charge in [0.05, 0.1) is 6.61 Å². The first-order chi connectivity index (χ1) is 13.5. The molecule has 8 heteroatoms. The molecule has 2 aromatic rings. The lowest BCUT2D eigenvalue weighted by atomic mass is 10.2. The Morgan fingerprint density at radius 3 is 2.07 bits per heavy atom. The van der Waals surface area contributed by atoms with Crippen LogP contribution in [-0.4, -0.2) is 37.6 Å². The number of hydrogen-bond donors (Lipinski definition) is 2. The highest BCUT2D eigenvalue weighted by atomic mass is 16.6. The van der Waals surface area contributed by atoms with Crippen LogP contribution >= 0.6 is 0 Å². The average molecular weight is 386 g/mol. The Kier molecular flexibility index (Phi) is 7.83. The first-order valence-electron chi connectivity index (χ1n) is 8.65. The lowest BCUT2D eigenvalue weighted by Gasteiger charge is -2.09. The van der Waals surface area contributed by atoms with Crippen LogP contribution in [0.15, 0.2) is 48.5 Å². The van der Waals surface area contributed by atoms with Crippen LogP contribution in [0.5, 0.6) is 11.5 Å². The van der Waals surface area contributed by atoms with Gasteiger partial charge < -0.3 is 24.8 Å². The van der Waals surface area contributed by atoms with Crippen molar-refractivity contribution in [2.24, 2.45) is 0 Å². The fourth-order valence-electron chi connectivity index (χ4n) is 2.20. The number of amides is 2. The van der Waals surface area contributed by atoms with E-state index in [2.05, 4.69) is 10.6 Å². The quantitative estimate of drug-likeness (QED) is 0.642. The van der Waals surface area contributed by atoms with E-state index in [0.717, 1.165) is 0 Å². The summed E-state index contributed by atoms with van der Waals surface area (Å²) in [5, 5.41) is 5.19. The van der Waals surface area contributed by atoms with Gasteiger partial charge in [0.2, 0.25) is 5.91 Å². The Labute approximate surface area is 162 Å². The average Bonchev–Trinajstić information content (AvgIpc) is 2.66. The van der Waals surface area contributed by atoms with Crippen molar-refractivity contribution in [3.8, 4) is 11.5 Å². The molecule has 0 bridgehead atoms. The van der Waals surface area contributed by atoms with Crippen LogP contribution < -0.4 is 20.1 Å². The molecule has 0 fully saturated rings. The summed E-state index contributed by atoms with van der Waals surface area (Å²) >= 11 is 0. The van der Waals surface area contributed by atoms with Gasteiger partial charge in [-0.05, 0) is 49.4 Å². The standard InChI is InChI=1S/C20H22N2O6/c1-3-26-17-7-9-18(10-8-17)27-13-20(25)28-12-19(24)22-16-6-4-5-15(11-16)21-14(2)23/h4-11H,3,12-13H2,1-2H3,(H,21,23)(H,22,24). The third-order valence-corrected chi connectivity index (χ3v) is 3.32. The number of nitrogens with one attached hydrogen (secondary N) is 2. The van der Waals surface area contributed by atoms with Crippen molar-refractivity contribution in [1.82, 2.24) is 0 Å². The topological polar surface area (TPSA) is 103 Å². The van der Waals surface area contributed by atoms with Crippen molar-refractivity contribution in [2.75, 3.05) is 30.5 Å². The molecule has 2 amide bonds. The minimum absolute atomic E-state index is 0.218. The molecule has 8 nitrogen and oxygen atoms in total. The van der Waals surface area contributed by atoms with E-state index in [4.69, 9.17) is 14.2 Å². The van der Waals surface area contributed by atoms with E-state index in [0.29, 0.717) is 29.5 Å². The fraction of sp³-hybridized carbons (Fsp3) is 0.250. The van der Waals surface area contributed by atoms with E-state index in [1.54, 1.807) is 48.5 Å². The second kappa shape index (κ2) is 10.6. The number of carbonyl (C=O) groups excluding carboxylic acids is 3. The zero-order valence-electron chi connectivity index (χ0n) is 15.7. The highest BCUT2D eigenvalue weighted by Crippen LogP contribution is 2.17. The zero-order chi connectivity index (χ0) is 20.4. The number of esters is 1. The van der Waals surface area contributed by atoms with E-state index in [9.17, 15) is 14.4 Å². The maximum Gasteiger partial charge on any atom is 0.344 e. The lowest BCUT2D eigenvalue weighted by Crippen LogP contribution is -2.23. The summed E-state index contributed by atoms with van der Waals surface area (Å²) in [5.41, 5.74) is 1.02. The van der Waals surface area contributed by atoms with Gasteiger partial charge in [0.25, 0.3) is 5.91 Å². The van der Waals surface area contributed by atoms with Crippen LogP contribution in [0.25, 0.3) is 0 Å². The Bertz CT molecular complexity index is 820. The summed E-state index contributed by atoms with van der Waals surface area (Å²) in [5.74, 6) is -0.202. The maximum atomic E-state index is 11.9. The molecule has 2 aromatic carbocycles. The number of rotatable bonds is 9. The van der Waals surface area contributed by atoms with Crippen molar-refractivity contribution in [2.45, 2.75) is 13.8 Å². The van der Waals surface area contributed by atoms with Crippen LogP contribution in [0.1, 0.15) is 13.8 Å². The van der Waals surface area contributed by atoms with Gasteiger partial charge >= 0.3 is 5.97 Å². The summed E-state index contributed by atoms with van der Waals surface area (Å²) in [7, 11) is 0. The van der Waals surface area contributed by atoms with Crippen LogP contribution in [0.3, 0.4) is 0 Å². The molecule has 148 valence electrons. The van der Waals surface area contributed by atoms with Crippen molar-refractivity contribution in [1.29, 1.82) is 0 Å². The molecule has 2 rings (SSSR count). The summed E-state index contributed by atoms with van der Waals surface area (Å²) in [6.45, 7) is 3.07. The third-order valence-electron chi connectivity index (χ3n) is 3.32. The summed E-state index contributed by atoms with van der Waals surface area (Å²) < 4.78 is 15.5. The summed E-state index contributed by atoms with van der Waals surface area (Å²) in [6, 6.07) is 13.4. The van der Waals surface area contributed by atoms with E-state index < -0.39 is 18.5 Å². The largest absolute Gasteiger partial charge is 0.494 e. The molecule has 0 radical (unpaired) electrons. The van der Waals surface area contributed by atoms with E-state index in [-0.39, 0.29) is 12.5 Å². The van der Waals surface area contributed by atoms with Crippen LogP contribution in [0.2, 0.25) is 0 Å². The van der Waals surface area contributed by atoms with Gasteiger partial charge in [-0.2, -0.15) is 0 Å². The Hall–Kier alpha value is -3.55. The van der Waals surface area contributed by atoms with Gasteiger partial charge in [-0.15, -0.1) is 0 Å². The van der Waals surface area contributed by atoms with Gasteiger partial charge in [-0.3, -0.25) is 9.59 Å². The molecule has 0 aliphatic rings. The Balaban J connectivity index is 1.73. The molecular weight excluding hydrogens is 364 g/mol. The zero-order valence-corrected chi connectivity index (χ0v) is 15.7. The van der Waals surface area contributed by atoms with E-state index in [1.807, 2.05) is 6.92 Å². The number of anilines is 2. The second-order valence-corrected chi connectivity index (χ2v) is 5.66. The smallest absolute Gasteiger partial charge is 0.344 e. The van der Waals surface area contributed by atoms with Crippen LogP contribution in [-0.2, 0) is 19.1 Å². The number of carbonyl (C=O) groups is 3. The molecule has 0 saturated heterocycles. The van der Waals surface area contributed by atoms with E-state index in [1.165, 1.54) is 6.92 Å². The molecule has 28 heavy (non-hydrogen) atoms. The molecule has 0 saturated carbocycles. The molecular formula is C20H22N2O6. The summed E-state index contributed by atoms with van der Waals surface area (Å²) in [4.78, 5) is 34.7. The molecule has 0 aliphatic carbocycles. The van der Waals surface area contributed by atoms with Gasteiger partial charge in [-0.1, -0.05) is 6.07 Å². The molecule has 0 unspecified atom stereocenters. The van der Waals surface area contributed by atoms with Crippen LogP contribution in [0, 0.1) is 0 Å². The molecule has 0 aromatic heterocycles. The Morgan fingerprint density at radius 2 is 1.46 bits per heavy atom. The van der Waals surface area contributed by atoms with Crippen molar-refractivity contribution >= 4 is 29.2 Å². The maximum absolute atomic E-state index is 11.9. The highest BCUT2D eigenvalue weighted by Gasteiger charge is 2.09. The van der Waals surface area contributed by atoms with E-state index >= 15 is 0 Å². The SMILES string of the molecule is CCOc1ccc(OCC(=O)OCC(=O)Nc2cccc(NC(C)=O)c2)cc1. The van der Waals surface area contributed by atoms with Crippen molar-refractivity contribution in [3.63, 3.8) is 0 Å². The number of hydrogen-bond acceptors (Lipinski definition) is 6. The minimum Gasteiger partial charge on any atom is -0.494 e. The fourth-order valence-corrected chi connectivity index (χ4v) is 2.20. The molecule has 0 atom stereocenters. The molecule has 2 N–H and O–H groups in total. The van der Waals surface area contributed by atoms with Crippen LogP contribution in [0.4, 0.5) is 11.4 Å². The van der Waals surface area contributed by atoms with Gasteiger partial charge in [-0.25, -0.2) is 4.79 Å². The summed E-state index contributed by atoms with van der Waals surface area (Å²) in [6.07, 6.45) is 0. The second-order valence-electron chi connectivity index (χ2n) is 5.66. The molecule has 0 aliphatic heterocycles. The molecule has 0 heterocycles. The number of ether oxygens (including phenoxy) is 3.